The van der Waals surface area contributed by atoms with Gasteiger partial charge in [0, 0.05) is 22.8 Å². The summed E-state index contributed by atoms with van der Waals surface area (Å²) in [4.78, 5) is 27.3. The summed E-state index contributed by atoms with van der Waals surface area (Å²) in [6.45, 7) is 1.72. The third kappa shape index (κ3) is 4.80. The van der Waals surface area contributed by atoms with Crippen LogP contribution in [0.25, 0.3) is 22.2 Å². The summed E-state index contributed by atoms with van der Waals surface area (Å²) in [6.07, 6.45) is 0. The van der Waals surface area contributed by atoms with Crippen LogP contribution in [0.15, 0.2) is 112 Å². The summed E-state index contributed by atoms with van der Waals surface area (Å²) in [6, 6.07) is 28.5. The van der Waals surface area contributed by atoms with Crippen molar-refractivity contribution in [1.82, 2.24) is 5.16 Å². The second-order valence-corrected chi connectivity index (χ2v) is 9.26. The van der Waals surface area contributed by atoms with Gasteiger partial charge in [-0.25, -0.2) is 4.39 Å². The predicted octanol–water partition coefficient (Wildman–Crippen LogP) is 7.58. The monoisotopic (exact) mass is 531 g/mol. The highest BCUT2D eigenvalue weighted by atomic mass is 19.1. The van der Waals surface area contributed by atoms with Crippen LogP contribution in [0.3, 0.4) is 0 Å². The van der Waals surface area contributed by atoms with E-state index in [1.54, 1.807) is 79.7 Å². The van der Waals surface area contributed by atoms with Crippen molar-refractivity contribution in [1.29, 1.82) is 0 Å². The Balaban J connectivity index is 1.43. The Morgan fingerprint density at radius 1 is 0.800 bits per heavy atom. The van der Waals surface area contributed by atoms with Crippen LogP contribution in [0.1, 0.15) is 43.4 Å². The lowest BCUT2D eigenvalue weighted by molar-refractivity contribution is 0.103. The Morgan fingerprint density at radius 2 is 1.43 bits per heavy atom. The molecule has 0 aliphatic rings. The SMILES string of the molecule is Cc1cc2c(OCc3cc(-c4ccc(F)cc4)no3)c(C(=O)c3ccccc3)cc(C(=O)c3ccccc3)c2o1. The zero-order valence-electron chi connectivity index (χ0n) is 21.4. The minimum atomic E-state index is -0.347. The molecule has 6 nitrogen and oxygen atoms in total. The van der Waals surface area contributed by atoms with Crippen LogP contribution >= 0.6 is 0 Å². The molecule has 0 saturated carbocycles. The molecule has 4 aromatic carbocycles. The van der Waals surface area contributed by atoms with E-state index in [0.29, 0.717) is 44.9 Å². The Bertz CT molecular complexity index is 1840. The van der Waals surface area contributed by atoms with Gasteiger partial charge in [-0.1, -0.05) is 65.8 Å². The van der Waals surface area contributed by atoms with E-state index >= 15 is 0 Å². The molecule has 0 amide bonds. The maximum atomic E-state index is 13.8. The molecule has 0 radical (unpaired) electrons. The normalized spacial score (nSPS) is 11.1. The predicted molar refractivity (Wildman–Crippen MR) is 147 cm³/mol. The van der Waals surface area contributed by atoms with E-state index in [1.807, 2.05) is 12.1 Å². The molecule has 0 N–H and O–H groups in total. The number of nitrogens with zero attached hydrogens (tertiary/aromatic N) is 1. The molecule has 0 atom stereocenters. The lowest BCUT2D eigenvalue weighted by Crippen LogP contribution is -2.10. The van der Waals surface area contributed by atoms with Crippen LogP contribution in [0.2, 0.25) is 0 Å². The zero-order valence-corrected chi connectivity index (χ0v) is 21.4. The van der Waals surface area contributed by atoms with E-state index in [0.717, 1.165) is 0 Å². The van der Waals surface area contributed by atoms with Crippen LogP contribution in [-0.4, -0.2) is 16.7 Å². The van der Waals surface area contributed by atoms with Gasteiger partial charge >= 0.3 is 0 Å². The fraction of sp³-hybridized carbons (Fsp3) is 0.0606. The maximum absolute atomic E-state index is 13.8. The van der Waals surface area contributed by atoms with Gasteiger partial charge < -0.3 is 13.7 Å². The van der Waals surface area contributed by atoms with Crippen molar-refractivity contribution in [2.45, 2.75) is 13.5 Å². The van der Waals surface area contributed by atoms with Crippen LogP contribution in [-0.2, 0) is 6.61 Å². The number of furan rings is 1. The van der Waals surface area contributed by atoms with Crippen molar-refractivity contribution in [3.8, 4) is 17.0 Å². The lowest BCUT2D eigenvalue weighted by Gasteiger charge is -2.14. The molecule has 0 unspecified atom stereocenters. The van der Waals surface area contributed by atoms with Gasteiger partial charge in [0.15, 0.2) is 17.3 Å². The second kappa shape index (κ2) is 10.5. The maximum Gasteiger partial charge on any atom is 0.196 e. The standard InChI is InChI=1S/C33H22FNO5/c1-20-16-28-32(38-19-25-17-29(35-40-25)21-12-14-24(34)15-13-21)26(30(36)22-8-4-2-5-9-22)18-27(33(28)39-20)31(37)23-10-6-3-7-11-23/h2-18H,19H2,1H3. The van der Waals surface area contributed by atoms with E-state index in [4.69, 9.17) is 13.7 Å². The molecule has 6 rings (SSSR count). The molecule has 0 aliphatic carbocycles. The topological polar surface area (TPSA) is 82.5 Å². The van der Waals surface area contributed by atoms with Gasteiger partial charge in [0.05, 0.1) is 16.5 Å². The molecular weight excluding hydrogens is 509 g/mol. The Hall–Kier alpha value is -5.30. The molecular formula is C33H22FNO5. The van der Waals surface area contributed by atoms with Gasteiger partial charge in [0.2, 0.25) is 0 Å². The third-order valence-electron chi connectivity index (χ3n) is 6.50. The first kappa shape index (κ1) is 25.0. The summed E-state index contributed by atoms with van der Waals surface area (Å²) < 4.78 is 31.0. The molecule has 0 spiro atoms. The average molecular weight is 532 g/mol. The van der Waals surface area contributed by atoms with E-state index in [2.05, 4.69) is 5.16 Å². The number of aromatic nitrogens is 1. The third-order valence-corrected chi connectivity index (χ3v) is 6.50. The fourth-order valence-corrected chi connectivity index (χ4v) is 4.57. The molecule has 7 heteroatoms. The van der Waals surface area contributed by atoms with Crippen LogP contribution in [0, 0.1) is 12.7 Å². The van der Waals surface area contributed by atoms with Crippen molar-refractivity contribution in [3.05, 3.63) is 143 Å². The first-order chi connectivity index (χ1) is 19.5. The molecule has 0 aliphatic heterocycles. The average Bonchev–Trinajstić information content (AvgIpc) is 3.63. The number of rotatable bonds is 8. The number of ether oxygens (including phenoxy) is 1. The molecule has 40 heavy (non-hydrogen) atoms. The van der Waals surface area contributed by atoms with E-state index in [1.165, 1.54) is 18.2 Å². The minimum absolute atomic E-state index is 0.0471. The van der Waals surface area contributed by atoms with Crippen LogP contribution in [0.4, 0.5) is 4.39 Å². The van der Waals surface area contributed by atoms with Gasteiger partial charge in [-0.2, -0.15) is 0 Å². The summed E-state index contributed by atoms with van der Waals surface area (Å²) >= 11 is 0. The number of benzene rings is 4. The van der Waals surface area contributed by atoms with E-state index in [9.17, 15) is 14.0 Å². The smallest absolute Gasteiger partial charge is 0.196 e. The first-order valence-electron chi connectivity index (χ1n) is 12.6. The fourth-order valence-electron chi connectivity index (χ4n) is 4.57. The molecule has 196 valence electrons. The Kier molecular flexibility index (Phi) is 6.54. The largest absolute Gasteiger partial charge is 0.484 e. The number of carbonyl (C=O) groups is 2. The molecule has 6 aromatic rings. The van der Waals surface area contributed by atoms with E-state index in [-0.39, 0.29) is 40.9 Å². The van der Waals surface area contributed by atoms with Crippen molar-refractivity contribution >= 4 is 22.5 Å². The van der Waals surface area contributed by atoms with Crippen molar-refractivity contribution in [3.63, 3.8) is 0 Å². The van der Waals surface area contributed by atoms with Crippen molar-refractivity contribution < 1.29 is 27.7 Å². The summed E-state index contributed by atoms with van der Waals surface area (Å²) in [5, 5.41) is 4.56. The molecule has 0 fully saturated rings. The number of hydrogen-bond donors (Lipinski definition) is 0. The number of hydrogen-bond acceptors (Lipinski definition) is 6. The highest BCUT2D eigenvalue weighted by Gasteiger charge is 2.26. The van der Waals surface area contributed by atoms with Gasteiger partial charge in [0.25, 0.3) is 0 Å². The summed E-state index contributed by atoms with van der Waals surface area (Å²) in [7, 11) is 0. The quantitative estimate of drug-likeness (QED) is 0.188. The number of fused-ring (bicyclic) bond motifs is 1. The number of aryl methyl sites for hydroxylation is 1. The highest BCUT2D eigenvalue weighted by Crippen LogP contribution is 2.38. The molecule has 0 saturated heterocycles. The number of ketones is 2. The molecule has 2 heterocycles. The molecule has 2 aromatic heterocycles. The Labute approximate surface area is 228 Å². The van der Waals surface area contributed by atoms with Crippen molar-refractivity contribution in [2.75, 3.05) is 0 Å². The Morgan fingerprint density at radius 3 is 2.08 bits per heavy atom. The lowest BCUT2D eigenvalue weighted by atomic mass is 9.94. The van der Waals surface area contributed by atoms with Gasteiger partial charge in [-0.15, -0.1) is 0 Å². The summed E-state index contributed by atoms with van der Waals surface area (Å²) in [5.41, 5.74) is 2.94. The van der Waals surface area contributed by atoms with Crippen LogP contribution < -0.4 is 4.74 Å². The minimum Gasteiger partial charge on any atom is -0.484 e. The first-order valence-corrected chi connectivity index (χ1v) is 12.6. The number of carbonyl (C=O) groups excluding carboxylic acids is 2. The summed E-state index contributed by atoms with van der Waals surface area (Å²) in [5.74, 6) is 0.306. The van der Waals surface area contributed by atoms with Gasteiger partial charge in [-0.3, -0.25) is 9.59 Å². The second-order valence-electron chi connectivity index (χ2n) is 9.26. The van der Waals surface area contributed by atoms with Gasteiger partial charge in [-0.05, 0) is 43.3 Å². The molecule has 0 bridgehead atoms. The van der Waals surface area contributed by atoms with Crippen LogP contribution in [0.5, 0.6) is 5.75 Å². The highest BCUT2D eigenvalue weighted by molar-refractivity contribution is 6.20. The zero-order chi connectivity index (χ0) is 27.6. The van der Waals surface area contributed by atoms with Gasteiger partial charge in [0.1, 0.15) is 35.2 Å². The number of halogens is 1. The van der Waals surface area contributed by atoms with Crippen molar-refractivity contribution in [2.24, 2.45) is 0 Å². The van der Waals surface area contributed by atoms with E-state index < -0.39 is 0 Å².